The molecule has 0 aliphatic carbocycles. The molecule has 0 saturated carbocycles. The summed E-state index contributed by atoms with van der Waals surface area (Å²) in [6.45, 7) is 2.14. The molecule has 3 heteroatoms. The molecule has 2 aromatic heterocycles. The summed E-state index contributed by atoms with van der Waals surface area (Å²) in [6.07, 6.45) is 1.91. The molecule has 27 heavy (non-hydrogen) atoms. The van der Waals surface area contributed by atoms with Gasteiger partial charge >= 0.3 is 0 Å². The van der Waals surface area contributed by atoms with E-state index in [-0.39, 0.29) is 0 Å². The zero-order valence-corrected chi connectivity index (χ0v) is 17.0. The van der Waals surface area contributed by atoms with Crippen molar-refractivity contribution in [2.24, 2.45) is 0 Å². The highest BCUT2D eigenvalue weighted by atomic mass is 127. The van der Waals surface area contributed by atoms with Gasteiger partial charge in [-0.05, 0) is 76.5 Å². The summed E-state index contributed by atoms with van der Waals surface area (Å²) in [5.41, 5.74) is 6.05. The molecule has 0 N–H and O–H groups in total. The molecular formula is C24H17IN2. The van der Waals surface area contributed by atoms with Crippen molar-refractivity contribution in [1.82, 2.24) is 9.55 Å². The van der Waals surface area contributed by atoms with E-state index >= 15 is 0 Å². The van der Waals surface area contributed by atoms with Crippen molar-refractivity contribution in [2.75, 3.05) is 0 Å². The van der Waals surface area contributed by atoms with Gasteiger partial charge in [0.25, 0.3) is 0 Å². The number of aromatic nitrogens is 2. The van der Waals surface area contributed by atoms with Crippen molar-refractivity contribution in [3.8, 4) is 16.9 Å². The van der Waals surface area contributed by atoms with E-state index in [4.69, 9.17) is 4.98 Å². The lowest BCUT2D eigenvalue weighted by Gasteiger charge is -2.10. The van der Waals surface area contributed by atoms with Crippen LogP contribution in [-0.2, 0) is 0 Å². The number of para-hydroxylation sites is 1. The minimum Gasteiger partial charge on any atom is -0.294 e. The summed E-state index contributed by atoms with van der Waals surface area (Å²) in [6, 6.07) is 27.9. The fourth-order valence-corrected chi connectivity index (χ4v) is 4.43. The van der Waals surface area contributed by atoms with Gasteiger partial charge in [0.1, 0.15) is 5.82 Å². The Balaban J connectivity index is 1.82. The number of fused-ring (bicyclic) bond motifs is 3. The summed E-state index contributed by atoms with van der Waals surface area (Å²) in [5.74, 6) is 0.948. The predicted molar refractivity (Wildman–Crippen MR) is 121 cm³/mol. The maximum Gasteiger partial charge on any atom is 0.138 e. The molecular weight excluding hydrogens is 443 g/mol. The Morgan fingerprint density at radius 3 is 2.44 bits per heavy atom. The quantitative estimate of drug-likeness (QED) is 0.266. The third-order valence-electron chi connectivity index (χ3n) is 4.99. The molecule has 0 aliphatic rings. The number of pyridine rings is 1. The molecule has 2 nitrogen and oxygen atoms in total. The van der Waals surface area contributed by atoms with Crippen molar-refractivity contribution in [1.29, 1.82) is 0 Å². The summed E-state index contributed by atoms with van der Waals surface area (Å²) >= 11 is 2.39. The lowest BCUT2D eigenvalue weighted by atomic mass is 10.1. The molecule has 0 fully saturated rings. The van der Waals surface area contributed by atoms with Crippen molar-refractivity contribution in [3.63, 3.8) is 0 Å². The second kappa shape index (κ2) is 6.50. The van der Waals surface area contributed by atoms with Crippen molar-refractivity contribution in [3.05, 3.63) is 94.2 Å². The van der Waals surface area contributed by atoms with E-state index < -0.39 is 0 Å². The number of hydrogen-bond acceptors (Lipinski definition) is 1. The van der Waals surface area contributed by atoms with Gasteiger partial charge in [0.05, 0.1) is 11.0 Å². The molecule has 130 valence electrons. The molecule has 2 heterocycles. The molecule has 0 atom stereocenters. The first-order valence-electron chi connectivity index (χ1n) is 8.93. The first-order chi connectivity index (χ1) is 13.2. The molecule has 0 radical (unpaired) electrons. The van der Waals surface area contributed by atoms with Crippen molar-refractivity contribution >= 4 is 44.4 Å². The Morgan fingerprint density at radius 2 is 1.56 bits per heavy atom. The van der Waals surface area contributed by atoms with Crippen LogP contribution in [0, 0.1) is 10.5 Å². The van der Waals surface area contributed by atoms with Crippen LogP contribution in [-0.4, -0.2) is 9.55 Å². The largest absolute Gasteiger partial charge is 0.294 e. The van der Waals surface area contributed by atoms with Crippen LogP contribution >= 0.6 is 22.6 Å². The van der Waals surface area contributed by atoms with Gasteiger partial charge in [-0.3, -0.25) is 4.57 Å². The predicted octanol–water partition coefficient (Wildman–Crippen LogP) is 6.76. The molecule has 0 saturated heterocycles. The normalized spacial score (nSPS) is 11.3. The Hall–Kier alpha value is -2.66. The average Bonchev–Trinajstić information content (AvgIpc) is 3.02. The Labute approximate surface area is 171 Å². The average molecular weight is 460 g/mol. The third kappa shape index (κ3) is 2.73. The zero-order chi connectivity index (χ0) is 18.4. The molecule has 0 amide bonds. The highest BCUT2D eigenvalue weighted by Crippen LogP contribution is 2.33. The smallest absolute Gasteiger partial charge is 0.138 e. The van der Waals surface area contributed by atoms with E-state index in [1.54, 1.807) is 0 Å². The number of nitrogens with zero attached hydrogens (tertiary/aromatic N) is 2. The molecule has 0 aliphatic heterocycles. The molecule has 0 bridgehead atoms. The summed E-state index contributed by atoms with van der Waals surface area (Å²) in [5, 5.41) is 2.52. The van der Waals surface area contributed by atoms with Gasteiger partial charge in [-0.15, -0.1) is 0 Å². The highest BCUT2D eigenvalue weighted by Gasteiger charge is 2.13. The van der Waals surface area contributed by atoms with Gasteiger partial charge in [-0.1, -0.05) is 48.5 Å². The van der Waals surface area contributed by atoms with Crippen LogP contribution in [0.15, 0.2) is 85.1 Å². The van der Waals surface area contributed by atoms with E-state index in [2.05, 4.69) is 113 Å². The zero-order valence-electron chi connectivity index (χ0n) is 14.9. The highest BCUT2D eigenvalue weighted by molar-refractivity contribution is 14.1. The van der Waals surface area contributed by atoms with E-state index in [1.165, 1.54) is 42.1 Å². The van der Waals surface area contributed by atoms with Crippen LogP contribution in [0.3, 0.4) is 0 Å². The van der Waals surface area contributed by atoms with Crippen LogP contribution in [0.1, 0.15) is 5.56 Å². The summed E-state index contributed by atoms with van der Waals surface area (Å²) in [4.78, 5) is 4.73. The van der Waals surface area contributed by atoms with E-state index in [0.717, 1.165) is 5.82 Å². The van der Waals surface area contributed by atoms with Crippen molar-refractivity contribution < 1.29 is 0 Å². The fraction of sp³-hybridized carbons (Fsp3) is 0.0417. The van der Waals surface area contributed by atoms with Crippen LogP contribution < -0.4 is 0 Å². The van der Waals surface area contributed by atoms with Gasteiger partial charge in [0.15, 0.2) is 0 Å². The summed E-state index contributed by atoms with van der Waals surface area (Å²) in [7, 11) is 0. The summed E-state index contributed by atoms with van der Waals surface area (Å²) < 4.78 is 3.52. The van der Waals surface area contributed by atoms with E-state index in [0.29, 0.717) is 0 Å². The van der Waals surface area contributed by atoms with Crippen LogP contribution in [0.2, 0.25) is 0 Å². The molecule has 0 spiro atoms. The maximum atomic E-state index is 4.73. The first-order valence-corrected chi connectivity index (χ1v) is 10.0. The Bertz CT molecular complexity index is 1300. The monoisotopic (exact) mass is 460 g/mol. The number of hydrogen-bond donors (Lipinski definition) is 0. The molecule has 5 rings (SSSR count). The number of benzene rings is 3. The van der Waals surface area contributed by atoms with Crippen molar-refractivity contribution in [2.45, 2.75) is 6.92 Å². The fourth-order valence-electron chi connectivity index (χ4n) is 3.73. The van der Waals surface area contributed by atoms with Gasteiger partial charge in [-0.2, -0.15) is 0 Å². The van der Waals surface area contributed by atoms with Crippen LogP contribution in [0.4, 0.5) is 0 Å². The standard InChI is InChI=1S/C24H17IN2/c1-16-10-11-20-19-7-3-5-9-22(19)27(23(20)14-16)24-15-17(12-13-26-24)18-6-2-4-8-21(18)25/h2-15H,1H3. The Kier molecular flexibility index (Phi) is 3.97. The van der Waals surface area contributed by atoms with Crippen LogP contribution in [0.5, 0.6) is 0 Å². The number of rotatable bonds is 2. The van der Waals surface area contributed by atoms with Crippen LogP contribution in [0.25, 0.3) is 38.8 Å². The minimum atomic E-state index is 0.948. The van der Waals surface area contributed by atoms with Gasteiger partial charge in [0.2, 0.25) is 0 Å². The second-order valence-corrected chi connectivity index (χ2v) is 7.92. The first kappa shape index (κ1) is 16.5. The Morgan fingerprint density at radius 1 is 0.778 bits per heavy atom. The topological polar surface area (TPSA) is 17.8 Å². The third-order valence-corrected chi connectivity index (χ3v) is 5.93. The molecule has 3 aromatic carbocycles. The van der Waals surface area contributed by atoms with Gasteiger partial charge < -0.3 is 0 Å². The lowest BCUT2D eigenvalue weighted by Crippen LogP contribution is -1.98. The lowest BCUT2D eigenvalue weighted by molar-refractivity contribution is 1.08. The van der Waals surface area contributed by atoms with Gasteiger partial charge in [0, 0.05) is 20.5 Å². The maximum absolute atomic E-state index is 4.73. The second-order valence-electron chi connectivity index (χ2n) is 6.76. The minimum absolute atomic E-state index is 0.948. The SMILES string of the molecule is Cc1ccc2c3ccccc3n(-c3cc(-c4ccccc4I)ccn3)c2c1. The molecule has 5 aromatic rings. The van der Waals surface area contributed by atoms with E-state index in [9.17, 15) is 0 Å². The van der Waals surface area contributed by atoms with Gasteiger partial charge in [-0.25, -0.2) is 4.98 Å². The molecule has 0 unspecified atom stereocenters. The number of aryl methyl sites for hydroxylation is 1. The number of halogens is 1. The van der Waals surface area contributed by atoms with E-state index in [1.807, 2.05) is 6.20 Å².